The van der Waals surface area contributed by atoms with Crippen LogP contribution in [-0.2, 0) is 5.33 Å². The molecule has 0 aliphatic heterocycles. The molecule has 5 heteroatoms. The molecule has 0 bridgehead atoms. The summed E-state index contributed by atoms with van der Waals surface area (Å²) in [5.41, 5.74) is 2.60. The zero-order valence-electron chi connectivity index (χ0n) is 10.4. The monoisotopic (exact) mass is 348 g/mol. The van der Waals surface area contributed by atoms with E-state index in [4.69, 9.17) is 16.9 Å². The third-order valence-electron chi connectivity index (χ3n) is 2.72. The second-order valence-corrected chi connectivity index (χ2v) is 5.06. The molecule has 1 amide bonds. The van der Waals surface area contributed by atoms with E-state index in [1.54, 1.807) is 30.3 Å². The zero-order valence-corrected chi connectivity index (χ0v) is 12.7. The summed E-state index contributed by atoms with van der Waals surface area (Å²) >= 11 is 9.27. The van der Waals surface area contributed by atoms with E-state index in [0.717, 1.165) is 10.9 Å². The average Bonchev–Trinajstić information content (AvgIpc) is 2.47. The molecule has 0 heterocycles. The largest absolute Gasteiger partial charge is 0.322 e. The van der Waals surface area contributed by atoms with Crippen LogP contribution in [0, 0.1) is 11.3 Å². The topological polar surface area (TPSA) is 52.9 Å². The van der Waals surface area contributed by atoms with Gasteiger partial charge in [-0.25, -0.2) is 0 Å². The van der Waals surface area contributed by atoms with Gasteiger partial charge in [0.05, 0.1) is 10.6 Å². The van der Waals surface area contributed by atoms with Crippen molar-refractivity contribution in [3.8, 4) is 6.07 Å². The normalized spacial score (nSPS) is 9.85. The number of anilines is 1. The molecule has 0 fully saturated rings. The molecule has 2 aromatic carbocycles. The lowest BCUT2D eigenvalue weighted by Gasteiger charge is -2.06. The molecule has 0 spiro atoms. The lowest BCUT2D eigenvalue weighted by atomic mass is 10.1. The summed E-state index contributed by atoms with van der Waals surface area (Å²) in [6.07, 6.45) is 0. The van der Waals surface area contributed by atoms with Gasteiger partial charge in [-0.05, 0) is 35.9 Å². The summed E-state index contributed by atoms with van der Waals surface area (Å²) in [6, 6.07) is 14.0. The lowest BCUT2D eigenvalue weighted by molar-refractivity contribution is 0.102. The number of carbonyl (C=O) groups excluding carboxylic acids is 1. The van der Waals surface area contributed by atoms with Gasteiger partial charge in [0.1, 0.15) is 6.07 Å². The highest BCUT2D eigenvalue weighted by Gasteiger charge is 2.07. The first-order chi connectivity index (χ1) is 9.63. The van der Waals surface area contributed by atoms with E-state index in [1.807, 2.05) is 18.2 Å². The molecule has 20 heavy (non-hydrogen) atoms. The van der Waals surface area contributed by atoms with Crippen molar-refractivity contribution >= 4 is 39.1 Å². The molecule has 2 aromatic rings. The highest BCUT2D eigenvalue weighted by Crippen LogP contribution is 2.20. The van der Waals surface area contributed by atoms with Gasteiger partial charge in [0.2, 0.25) is 0 Å². The van der Waals surface area contributed by atoms with Gasteiger partial charge in [0.25, 0.3) is 5.91 Å². The highest BCUT2D eigenvalue weighted by molar-refractivity contribution is 9.08. The molecule has 0 unspecified atom stereocenters. The minimum absolute atomic E-state index is 0.216. The van der Waals surface area contributed by atoms with Gasteiger partial charge >= 0.3 is 0 Å². The molecule has 0 radical (unpaired) electrons. The number of rotatable bonds is 3. The van der Waals surface area contributed by atoms with Crippen LogP contribution < -0.4 is 5.32 Å². The maximum Gasteiger partial charge on any atom is 0.255 e. The van der Waals surface area contributed by atoms with Gasteiger partial charge in [-0.2, -0.15) is 5.26 Å². The Morgan fingerprint density at radius 1 is 1.25 bits per heavy atom. The Morgan fingerprint density at radius 2 is 1.95 bits per heavy atom. The SMILES string of the molecule is N#Cc1ccc(NC(=O)c2ccc(CBr)cc2)cc1Cl. The van der Waals surface area contributed by atoms with E-state index in [1.165, 1.54) is 0 Å². The number of nitrogens with one attached hydrogen (secondary N) is 1. The van der Waals surface area contributed by atoms with Crippen LogP contribution in [0.2, 0.25) is 5.02 Å². The van der Waals surface area contributed by atoms with Crippen LogP contribution in [0.3, 0.4) is 0 Å². The van der Waals surface area contributed by atoms with Crippen LogP contribution in [0.5, 0.6) is 0 Å². The molecule has 0 saturated heterocycles. The Kier molecular flexibility index (Phi) is 4.78. The van der Waals surface area contributed by atoms with Gasteiger partial charge in [-0.1, -0.05) is 39.7 Å². The van der Waals surface area contributed by atoms with E-state index in [2.05, 4.69) is 21.2 Å². The van der Waals surface area contributed by atoms with Crippen LogP contribution in [-0.4, -0.2) is 5.91 Å². The summed E-state index contributed by atoms with van der Waals surface area (Å²) < 4.78 is 0. The molecule has 100 valence electrons. The van der Waals surface area contributed by atoms with E-state index in [9.17, 15) is 4.79 Å². The summed E-state index contributed by atoms with van der Waals surface area (Å²) in [6.45, 7) is 0. The maximum atomic E-state index is 12.0. The Labute approximate surface area is 130 Å². The third kappa shape index (κ3) is 3.38. The van der Waals surface area contributed by atoms with Gasteiger partial charge in [0.15, 0.2) is 0 Å². The fraction of sp³-hybridized carbons (Fsp3) is 0.0667. The highest BCUT2D eigenvalue weighted by atomic mass is 79.9. The molecular formula is C15H10BrClN2O. The molecule has 3 nitrogen and oxygen atoms in total. The second kappa shape index (κ2) is 6.56. The van der Waals surface area contributed by atoms with Crippen LogP contribution in [0.4, 0.5) is 5.69 Å². The first kappa shape index (κ1) is 14.6. The maximum absolute atomic E-state index is 12.0. The summed E-state index contributed by atoms with van der Waals surface area (Å²) in [5.74, 6) is -0.216. The standard InChI is InChI=1S/C15H10BrClN2O/c16-8-10-1-3-11(4-2-10)15(20)19-13-6-5-12(9-18)14(17)7-13/h1-7H,8H2,(H,19,20). The number of carbonyl (C=O) groups is 1. The van der Waals surface area contributed by atoms with Crippen LogP contribution >= 0.6 is 27.5 Å². The predicted octanol–water partition coefficient (Wildman–Crippen LogP) is 4.36. The second-order valence-electron chi connectivity index (χ2n) is 4.09. The van der Waals surface area contributed by atoms with Crippen molar-refractivity contribution in [3.63, 3.8) is 0 Å². The number of hydrogen-bond donors (Lipinski definition) is 1. The Balaban J connectivity index is 2.15. The van der Waals surface area contributed by atoms with Crippen molar-refractivity contribution in [3.05, 3.63) is 64.2 Å². The Morgan fingerprint density at radius 3 is 2.50 bits per heavy atom. The van der Waals surface area contributed by atoms with Crippen molar-refractivity contribution in [2.75, 3.05) is 5.32 Å². The molecule has 1 N–H and O–H groups in total. The molecule has 2 rings (SSSR count). The van der Waals surface area contributed by atoms with Crippen molar-refractivity contribution in [1.82, 2.24) is 0 Å². The zero-order chi connectivity index (χ0) is 14.5. The average molecular weight is 350 g/mol. The van der Waals surface area contributed by atoms with E-state index in [0.29, 0.717) is 21.8 Å². The number of halogens is 2. The van der Waals surface area contributed by atoms with Crippen molar-refractivity contribution in [2.24, 2.45) is 0 Å². The van der Waals surface area contributed by atoms with E-state index in [-0.39, 0.29) is 5.91 Å². The quantitative estimate of drug-likeness (QED) is 0.837. The van der Waals surface area contributed by atoms with Crippen LogP contribution in [0.25, 0.3) is 0 Å². The number of nitrogens with zero attached hydrogens (tertiary/aromatic N) is 1. The number of amides is 1. The third-order valence-corrected chi connectivity index (χ3v) is 3.68. The number of hydrogen-bond acceptors (Lipinski definition) is 2. The number of benzene rings is 2. The molecular weight excluding hydrogens is 340 g/mol. The van der Waals surface area contributed by atoms with Gasteiger partial charge < -0.3 is 5.32 Å². The first-order valence-corrected chi connectivity index (χ1v) is 7.30. The molecule has 0 atom stereocenters. The summed E-state index contributed by atoms with van der Waals surface area (Å²) in [5, 5.41) is 12.6. The molecule has 0 aliphatic rings. The fourth-order valence-corrected chi connectivity index (χ4v) is 2.23. The summed E-state index contributed by atoms with van der Waals surface area (Å²) in [4.78, 5) is 12.0. The molecule has 0 saturated carbocycles. The van der Waals surface area contributed by atoms with Gasteiger partial charge in [-0.15, -0.1) is 0 Å². The van der Waals surface area contributed by atoms with Crippen molar-refractivity contribution in [2.45, 2.75) is 5.33 Å². The fourth-order valence-electron chi connectivity index (χ4n) is 1.63. The van der Waals surface area contributed by atoms with E-state index >= 15 is 0 Å². The minimum Gasteiger partial charge on any atom is -0.322 e. The Bertz CT molecular complexity index is 677. The molecule has 0 aliphatic carbocycles. The number of alkyl halides is 1. The smallest absolute Gasteiger partial charge is 0.255 e. The van der Waals surface area contributed by atoms with Crippen molar-refractivity contribution < 1.29 is 4.79 Å². The van der Waals surface area contributed by atoms with Crippen LogP contribution in [0.1, 0.15) is 21.5 Å². The van der Waals surface area contributed by atoms with Gasteiger partial charge in [-0.3, -0.25) is 4.79 Å². The minimum atomic E-state index is -0.216. The Hall–Kier alpha value is -1.83. The molecule has 0 aromatic heterocycles. The number of nitriles is 1. The first-order valence-electron chi connectivity index (χ1n) is 5.80. The summed E-state index contributed by atoms with van der Waals surface area (Å²) in [7, 11) is 0. The predicted molar refractivity (Wildman–Crippen MR) is 83.2 cm³/mol. The van der Waals surface area contributed by atoms with Crippen molar-refractivity contribution in [1.29, 1.82) is 5.26 Å². The van der Waals surface area contributed by atoms with Gasteiger partial charge in [0, 0.05) is 16.6 Å². The van der Waals surface area contributed by atoms with Crippen LogP contribution in [0.15, 0.2) is 42.5 Å². The van der Waals surface area contributed by atoms with E-state index < -0.39 is 0 Å². The lowest BCUT2D eigenvalue weighted by Crippen LogP contribution is -2.11.